The molecule has 0 radical (unpaired) electrons. The third-order valence-corrected chi connectivity index (χ3v) is 4.89. The highest BCUT2D eigenvalue weighted by atomic mass is 32.1. The Labute approximate surface area is 156 Å². The number of carbonyl (C=O) groups excluding carboxylic acids is 2. The zero-order valence-corrected chi connectivity index (χ0v) is 14.8. The summed E-state index contributed by atoms with van der Waals surface area (Å²) in [4.78, 5) is 25.9. The van der Waals surface area contributed by atoms with E-state index in [0.717, 1.165) is 15.3 Å². The fraction of sp³-hybridized carbons (Fsp3) is 0.0476. The fourth-order valence-electron chi connectivity index (χ4n) is 2.51. The van der Waals surface area contributed by atoms with E-state index in [4.69, 9.17) is 5.73 Å². The molecule has 130 valence electrons. The minimum absolute atomic E-state index is 0.368. The number of hydrogen-bond donors (Lipinski definition) is 2. The van der Waals surface area contributed by atoms with Gasteiger partial charge in [0.15, 0.2) is 0 Å². The van der Waals surface area contributed by atoms with Gasteiger partial charge in [0.25, 0.3) is 0 Å². The summed E-state index contributed by atoms with van der Waals surface area (Å²) in [6.07, 6.45) is 3.15. The molecule has 0 aliphatic heterocycles. The van der Waals surface area contributed by atoms with Gasteiger partial charge in [-0.25, -0.2) is 0 Å². The van der Waals surface area contributed by atoms with Crippen molar-refractivity contribution in [3.05, 3.63) is 89.3 Å². The lowest BCUT2D eigenvalue weighted by Crippen LogP contribution is -2.36. The Bertz CT molecular complexity index is 917. The smallest absolute Gasteiger partial charge is 0.244 e. The molecule has 0 fully saturated rings. The number of hydrogen-bond acceptors (Lipinski definition) is 3. The zero-order valence-electron chi connectivity index (χ0n) is 14.0. The molecule has 26 heavy (non-hydrogen) atoms. The van der Waals surface area contributed by atoms with Gasteiger partial charge in [0.05, 0.1) is 0 Å². The predicted molar refractivity (Wildman–Crippen MR) is 105 cm³/mol. The molecule has 5 heteroatoms. The Morgan fingerprint density at radius 1 is 0.923 bits per heavy atom. The van der Waals surface area contributed by atoms with E-state index in [1.165, 1.54) is 6.08 Å². The van der Waals surface area contributed by atoms with E-state index in [-0.39, 0.29) is 5.91 Å². The van der Waals surface area contributed by atoms with Crippen LogP contribution in [0.5, 0.6) is 0 Å². The van der Waals surface area contributed by atoms with E-state index in [0.29, 0.717) is 5.56 Å². The molecule has 1 heterocycles. The van der Waals surface area contributed by atoms with Crippen LogP contribution in [-0.4, -0.2) is 11.8 Å². The van der Waals surface area contributed by atoms with E-state index in [9.17, 15) is 9.59 Å². The summed E-state index contributed by atoms with van der Waals surface area (Å²) >= 11 is 1.59. The van der Waals surface area contributed by atoms with E-state index in [2.05, 4.69) is 5.32 Å². The second kappa shape index (κ2) is 8.27. The third kappa shape index (κ3) is 4.46. The van der Waals surface area contributed by atoms with E-state index in [1.807, 2.05) is 48.5 Å². The monoisotopic (exact) mass is 362 g/mol. The number of nitrogens with two attached hydrogens (primary N) is 1. The molecule has 1 atom stereocenters. The first-order valence-electron chi connectivity index (χ1n) is 8.11. The summed E-state index contributed by atoms with van der Waals surface area (Å²) in [5.41, 5.74) is 7.21. The van der Waals surface area contributed by atoms with Crippen LogP contribution in [0.3, 0.4) is 0 Å². The highest BCUT2D eigenvalue weighted by molar-refractivity contribution is 7.16. The van der Waals surface area contributed by atoms with Crippen molar-refractivity contribution in [3.8, 4) is 10.4 Å². The Morgan fingerprint density at radius 2 is 1.58 bits per heavy atom. The van der Waals surface area contributed by atoms with Crippen molar-refractivity contribution < 1.29 is 9.59 Å². The molecule has 4 nitrogen and oxygen atoms in total. The maximum atomic E-state index is 12.2. The number of primary amides is 1. The predicted octanol–water partition coefficient (Wildman–Crippen LogP) is 3.77. The normalized spacial score (nSPS) is 12.0. The van der Waals surface area contributed by atoms with Crippen molar-refractivity contribution >= 4 is 29.2 Å². The van der Waals surface area contributed by atoms with Gasteiger partial charge < -0.3 is 11.1 Å². The van der Waals surface area contributed by atoms with Gasteiger partial charge in [-0.2, -0.15) is 0 Å². The van der Waals surface area contributed by atoms with Crippen molar-refractivity contribution in [1.29, 1.82) is 0 Å². The lowest BCUT2D eigenvalue weighted by atomic mass is 10.1. The van der Waals surface area contributed by atoms with Crippen molar-refractivity contribution in [1.82, 2.24) is 5.32 Å². The number of thiophene rings is 1. The summed E-state index contributed by atoms with van der Waals surface area (Å²) in [6, 6.07) is 22.1. The van der Waals surface area contributed by atoms with Gasteiger partial charge in [0.2, 0.25) is 11.8 Å². The topological polar surface area (TPSA) is 72.2 Å². The molecular weight excluding hydrogens is 344 g/mol. The molecule has 1 aromatic heterocycles. The maximum Gasteiger partial charge on any atom is 0.244 e. The second-order valence-corrected chi connectivity index (χ2v) is 6.77. The number of amides is 2. The van der Waals surface area contributed by atoms with Gasteiger partial charge in [0, 0.05) is 15.8 Å². The SMILES string of the molecule is NC(=O)C(NC(=O)/C=C/c1ccc(-c2ccccc2)s1)c1ccccc1. The maximum absolute atomic E-state index is 12.2. The second-order valence-electron chi connectivity index (χ2n) is 5.66. The molecule has 0 spiro atoms. The third-order valence-electron chi connectivity index (χ3n) is 3.79. The van der Waals surface area contributed by atoms with Crippen molar-refractivity contribution in [2.75, 3.05) is 0 Å². The van der Waals surface area contributed by atoms with Crippen LogP contribution in [0, 0.1) is 0 Å². The highest BCUT2D eigenvalue weighted by Gasteiger charge is 2.18. The van der Waals surface area contributed by atoms with Crippen LogP contribution in [0.1, 0.15) is 16.5 Å². The summed E-state index contributed by atoms with van der Waals surface area (Å²) < 4.78 is 0. The number of rotatable bonds is 6. The van der Waals surface area contributed by atoms with Crippen LogP contribution < -0.4 is 11.1 Å². The lowest BCUT2D eigenvalue weighted by molar-refractivity contribution is -0.125. The Kier molecular flexibility index (Phi) is 5.61. The Morgan fingerprint density at radius 3 is 2.23 bits per heavy atom. The molecular formula is C21H18N2O2S. The number of benzene rings is 2. The average molecular weight is 362 g/mol. The van der Waals surface area contributed by atoms with E-state index in [1.54, 1.807) is 41.7 Å². The molecule has 0 aliphatic rings. The van der Waals surface area contributed by atoms with Crippen molar-refractivity contribution in [2.45, 2.75) is 6.04 Å². The van der Waals surface area contributed by atoms with Gasteiger partial charge in [-0.05, 0) is 29.3 Å². The van der Waals surface area contributed by atoms with Gasteiger partial charge in [0.1, 0.15) is 6.04 Å². The van der Waals surface area contributed by atoms with Crippen molar-refractivity contribution in [2.24, 2.45) is 5.73 Å². The average Bonchev–Trinajstić information content (AvgIpc) is 3.15. The molecule has 2 amide bonds. The molecule has 2 aromatic carbocycles. The van der Waals surface area contributed by atoms with Crippen molar-refractivity contribution in [3.63, 3.8) is 0 Å². The highest BCUT2D eigenvalue weighted by Crippen LogP contribution is 2.28. The molecule has 3 rings (SSSR count). The number of carbonyl (C=O) groups is 2. The molecule has 0 saturated heterocycles. The first-order valence-corrected chi connectivity index (χ1v) is 8.93. The van der Waals surface area contributed by atoms with Crippen LogP contribution in [0.2, 0.25) is 0 Å². The van der Waals surface area contributed by atoms with Gasteiger partial charge in [-0.1, -0.05) is 60.7 Å². The largest absolute Gasteiger partial charge is 0.368 e. The van der Waals surface area contributed by atoms with Crippen LogP contribution in [0.25, 0.3) is 16.5 Å². The standard InChI is InChI=1S/C21H18N2O2S/c22-21(25)20(16-9-5-2-6-10-16)23-19(24)14-12-17-11-13-18(26-17)15-7-3-1-4-8-15/h1-14,20H,(H2,22,25)(H,23,24)/b14-12+. The summed E-state index contributed by atoms with van der Waals surface area (Å²) in [5, 5.41) is 2.65. The van der Waals surface area contributed by atoms with Crippen LogP contribution in [-0.2, 0) is 9.59 Å². The molecule has 3 aromatic rings. The number of nitrogens with one attached hydrogen (secondary N) is 1. The first-order chi connectivity index (χ1) is 12.6. The fourth-order valence-corrected chi connectivity index (χ4v) is 3.43. The minimum Gasteiger partial charge on any atom is -0.368 e. The summed E-state index contributed by atoms with van der Waals surface area (Å²) in [7, 11) is 0. The Balaban J connectivity index is 1.68. The first kappa shape index (κ1) is 17.6. The lowest BCUT2D eigenvalue weighted by Gasteiger charge is -2.14. The van der Waals surface area contributed by atoms with Crippen LogP contribution in [0.4, 0.5) is 0 Å². The Hall–Kier alpha value is -3.18. The summed E-state index contributed by atoms with van der Waals surface area (Å²) in [6.45, 7) is 0. The van der Waals surface area contributed by atoms with E-state index < -0.39 is 11.9 Å². The van der Waals surface area contributed by atoms with Gasteiger partial charge in [-0.3, -0.25) is 9.59 Å². The van der Waals surface area contributed by atoms with Crippen LogP contribution >= 0.6 is 11.3 Å². The van der Waals surface area contributed by atoms with Crippen LogP contribution in [0.15, 0.2) is 78.9 Å². The molecule has 0 saturated carbocycles. The zero-order chi connectivity index (χ0) is 18.4. The van der Waals surface area contributed by atoms with Gasteiger partial charge >= 0.3 is 0 Å². The summed E-state index contributed by atoms with van der Waals surface area (Å²) in [5.74, 6) is -0.965. The quantitative estimate of drug-likeness (QED) is 0.655. The van der Waals surface area contributed by atoms with Gasteiger partial charge in [-0.15, -0.1) is 11.3 Å². The minimum atomic E-state index is -0.850. The van der Waals surface area contributed by atoms with E-state index >= 15 is 0 Å². The molecule has 3 N–H and O–H groups in total. The molecule has 0 aliphatic carbocycles. The molecule has 1 unspecified atom stereocenters. The molecule has 0 bridgehead atoms.